The summed E-state index contributed by atoms with van der Waals surface area (Å²) in [6.07, 6.45) is 0.566. The molecular weight excluding hydrogens is 338 g/mol. The van der Waals surface area contributed by atoms with Crippen LogP contribution in [0.3, 0.4) is 0 Å². The lowest BCUT2D eigenvalue weighted by Crippen LogP contribution is -2.21. The summed E-state index contributed by atoms with van der Waals surface area (Å²) >= 11 is 0. The smallest absolute Gasteiger partial charge is 0.226 e. The molecule has 5 nitrogen and oxygen atoms in total. The first-order valence-electron chi connectivity index (χ1n) is 9.67. The third-order valence-corrected chi connectivity index (χ3v) is 4.19. The lowest BCUT2D eigenvalue weighted by atomic mass is 10.2. The molecule has 146 valence electrons. The second-order valence-corrected chi connectivity index (χ2v) is 6.64. The van der Waals surface area contributed by atoms with Crippen molar-refractivity contribution in [3.8, 4) is 5.75 Å². The Morgan fingerprint density at radius 2 is 1.56 bits per heavy atom. The van der Waals surface area contributed by atoms with Gasteiger partial charge in [0.15, 0.2) is 0 Å². The van der Waals surface area contributed by atoms with Crippen LogP contribution < -0.4 is 20.3 Å². The lowest BCUT2D eigenvalue weighted by Gasteiger charge is -2.21. The Morgan fingerprint density at radius 1 is 0.963 bits per heavy atom. The summed E-state index contributed by atoms with van der Waals surface area (Å²) in [5.74, 6) is 0.847. The van der Waals surface area contributed by atoms with E-state index in [2.05, 4.69) is 29.4 Å². The number of amides is 1. The molecule has 0 saturated heterocycles. The van der Waals surface area contributed by atoms with E-state index < -0.39 is 0 Å². The number of rotatable bonds is 10. The largest absolute Gasteiger partial charge is 0.491 e. The molecule has 0 saturated carbocycles. The van der Waals surface area contributed by atoms with Crippen molar-refractivity contribution in [3.63, 3.8) is 0 Å². The zero-order chi connectivity index (χ0) is 19.6. The van der Waals surface area contributed by atoms with Crippen LogP contribution in [0.25, 0.3) is 0 Å². The van der Waals surface area contributed by atoms with Crippen LogP contribution in [0.2, 0.25) is 0 Å². The molecule has 27 heavy (non-hydrogen) atoms. The van der Waals surface area contributed by atoms with Gasteiger partial charge in [0.25, 0.3) is 0 Å². The van der Waals surface area contributed by atoms with Gasteiger partial charge >= 0.3 is 0 Å². The molecule has 0 aliphatic carbocycles. The van der Waals surface area contributed by atoms with Gasteiger partial charge in [-0.25, -0.2) is 0 Å². The summed E-state index contributed by atoms with van der Waals surface area (Å²) in [5.41, 5.74) is 2.97. The minimum atomic E-state index is -0.00199. The van der Waals surface area contributed by atoms with Crippen LogP contribution in [0.5, 0.6) is 5.75 Å². The zero-order valence-electron chi connectivity index (χ0n) is 16.8. The number of nitrogens with zero attached hydrogens (tertiary/aromatic N) is 1. The van der Waals surface area contributed by atoms with Crippen molar-refractivity contribution in [2.24, 2.45) is 0 Å². The molecule has 0 radical (unpaired) electrons. The summed E-state index contributed by atoms with van der Waals surface area (Å²) in [5, 5.41) is 6.20. The van der Waals surface area contributed by atoms with Crippen molar-refractivity contribution >= 4 is 23.0 Å². The summed E-state index contributed by atoms with van der Waals surface area (Å²) in [4.78, 5) is 14.4. The number of nitrogens with one attached hydrogen (secondary N) is 2. The average molecular weight is 370 g/mol. The van der Waals surface area contributed by atoms with E-state index in [0.717, 1.165) is 30.2 Å². The predicted molar refractivity (Wildman–Crippen MR) is 114 cm³/mol. The average Bonchev–Trinajstić information content (AvgIpc) is 2.65. The van der Waals surface area contributed by atoms with E-state index in [9.17, 15) is 4.79 Å². The number of hydrogen-bond donors (Lipinski definition) is 2. The van der Waals surface area contributed by atoms with E-state index in [1.54, 1.807) is 0 Å². The van der Waals surface area contributed by atoms with Gasteiger partial charge in [-0.3, -0.25) is 4.79 Å². The number of carbonyl (C=O) groups is 1. The Balaban J connectivity index is 1.76. The second-order valence-electron chi connectivity index (χ2n) is 6.64. The molecule has 2 N–H and O–H groups in total. The molecule has 2 aromatic carbocycles. The molecule has 2 aromatic rings. The van der Waals surface area contributed by atoms with Crippen molar-refractivity contribution in [1.82, 2.24) is 0 Å². The van der Waals surface area contributed by atoms with Gasteiger partial charge in [-0.15, -0.1) is 0 Å². The molecule has 0 aromatic heterocycles. The Morgan fingerprint density at radius 3 is 2.11 bits per heavy atom. The second kappa shape index (κ2) is 10.5. The Labute approximate surface area is 162 Å². The van der Waals surface area contributed by atoms with Crippen molar-refractivity contribution in [2.75, 3.05) is 35.2 Å². The van der Waals surface area contributed by atoms with Crippen LogP contribution in [0.4, 0.5) is 17.1 Å². The maximum Gasteiger partial charge on any atom is 0.226 e. The van der Waals surface area contributed by atoms with E-state index in [1.165, 1.54) is 5.69 Å². The van der Waals surface area contributed by atoms with Gasteiger partial charge < -0.3 is 20.3 Å². The minimum Gasteiger partial charge on any atom is -0.491 e. The molecule has 2 rings (SSSR count). The molecule has 0 unspecified atom stereocenters. The fraction of sp³-hybridized carbons (Fsp3) is 0.409. The molecule has 5 heteroatoms. The number of carbonyl (C=O) groups excluding carboxylic acids is 1. The molecule has 0 aliphatic heterocycles. The molecule has 0 heterocycles. The van der Waals surface area contributed by atoms with Gasteiger partial charge in [-0.2, -0.15) is 0 Å². The highest BCUT2D eigenvalue weighted by Crippen LogP contribution is 2.18. The van der Waals surface area contributed by atoms with Gasteiger partial charge in [0.1, 0.15) is 5.75 Å². The molecule has 0 spiro atoms. The number of ether oxygens (including phenoxy) is 1. The molecule has 0 fully saturated rings. The monoisotopic (exact) mass is 369 g/mol. The highest BCUT2D eigenvalue weighted by molar-refractivity contribution is 5.91. The fourth-order valence-electron chi connectivity index (χ4n) is 2.81. The Bertz CT molecular complexity index is 693. The summed E-state index contributed by atoms with van der Waals surface area (Å²) in [6, 6.07) is 15.8. The van der Waals surface area contributed by atoms with Crippen LogP contribution in [0, 0.1) is 0 Å². The minimum absolute atomic E-state index is 0.00199. The van der Waals surface area contributed by atoms with Gasteiger partial charge in [-0.05, 0) is 76.2 Å². The summed E-state index contributed by atoms with van der Waals surface area (Å²) in [6.45, 7) is 10.8. The van der Waals surface area contributed by atoms with Gasteiger partial charge in [0.2, 0.25) is 5.91 Å². The maximum absolute atomic E-state index is 12.1. The standard InChI is InChI=1S/C22H31N3O2/c1-5-25(6-2)20-11-7-19(8-12-20)24-22(26)15-16-23-18-9-13-21(14-10-18)27-17(3)4/h7-14,17,23H,5-6,15-16H2,1-4H3,(H,24,26). The molecule has 0 bridgehead atoms. The Hall–Kier alpha value is -2.69. The Kier molecular flexibility index (Phi) is 7.99. The van der Waals surface area contributed by atoms with Crippen molar-refractivity contribution in [2.45, 2.75) is 40.2 Å². The fourth-order valence-corrected chi connectivity index (χ4v) is 2.81. The molecule has 0 atom stereocenters. The third kappa shape index (κ3) is 6.85. The number of benzene rings is 2. The SMILES string of the molecule is CCN(CC)c1ccc(NC(=O)CCNc2ccc(OC(C)C)cc2)cc1. The summed E-state index contributed by atoms with van der Waals surface area (Å²) in [7, 11) is 0. The van der Waals surface area contributed by atoms with Crippen molar-refractivity contribution in [1.29, 1.82) is 0 Å². The maximum atomic E-state index is 12.1. The first kappa shape index (κ1) is 20.6. The highest BCUT2D eigenvalue weighted by atomic mass is 16.5. The van der Waals surface area contributed by atoms with Crippen molar-refractivity contribution < 1.29 is 9.53 Å². The van der Waals surface area contributed by atoms with Crippen LogP contribution >= 0.6 is 0 Å². The van der Waals surface area contributed by atoms with Crippen LogP contribution in [-0.2, 0) is 4.79 Å². The molecule has 1 amide bonds. The number of anilines is 3. The first-order chi connectivity index (χ1) is 13.0. The van der Waals surface area contributed by atoms with E-state index in [0.29, 0.717) is 13.0 Å². The van der Waals surface area contributed by atoms with Crippen molar-refractivity contribution in [3.05, 3.63) is 48.5 Å². The quantitative estimate of drug-likeness (QED) is 0.634. The van der Waals surface area contributed by atoms with Gasteiger partial charge in [-0.1, -0.05) is 0 Å². The number of hydrogen-bond acceptors (Lipinski definition) is 4. The topological polar surface area (TPSA) is 53.6 Å². The van der Waals surface area contributed by atoms with Gasteiger partial charge in [0.05, 0.1) is 6.10 Å². The normalized spacial score (nSPS) is 10.6. The predicted octanol–water partition coefficient (Wildman–Crippen LogP) is 4.76. The summed E-state index contributed by atoms with van der Waals surface area (Å²) < 4.78 is 5.62. The van der Waals surface area contributed by atoms with E-state index in [1.807, 2.05) is 62.4 Å². The van der Waals surface area contributed by atoms with E-state index in [4.69, 9.17) is 4.74 Å². The zero-order valence-corrected chi connectivity index (χ0v) is 16.8. The first-order valence-corrected chi connectivity index (χ1v) is 9.67. The van der Waals surface area contributed by atoms with Crippen LogP contribution in [0.1, 0.15) is 34.1 Å². The van der Waals surface area contributed by atoms with Gasteiger partial charge in [0, 0.05) is 43.1 Å². The van der Waals surface area contributed by atoms with Crippen LogP contribution in [0.15, 0.2) is 48.5 Å². The highest BCUT2D eigenvalue weighted by Gasteiger charge is 2.05. The van der Waals surface area contributed by atoms with Crippen LogP contribution in [-0.4, -0.2) is 31.6 Å². The molecular formula is C22H31N3O2. The lowest BCUT2D eigenvalue weighted by molar-refractivity contribution is -0.115. The third-order valence-electron chi connectivity index (χ3n) is 4.19. The molecule has 0 aliphatic rings. The van der Waals surface area contributed by atoms with E-state index in [-0.39, 0.29) is 12.0 Å². The van der Waals surface area contributed by atoms with E-state index >= 15 is 0 Å².